The zero-order valence-electron chi connectivity index (χ0n) is 24.2. The molecule has 0 aliphatic rings. The number of guanidine groups is 1. The number of hydrogen-bond donors (Lipinski definition) is 2. The average Bonchev–Trinajstić information content (AvgIpc) is 2.96. The summed E-state index contributed by atoms with van der Waals surface area (Å²) in [6, 6.07) is 25.0. The summed E-state index contributed by atoms with van der Waals surface area (Å²) in [5, 5.41) is 11.4. The molecule has 218 valence electrons. The van der Waals surface area contributed by atoms with Crippen molar-refractivity contribution >= 4 is 22.1 Å². The minimum atomic E-state index is -4.44. The van der Waals surface area contributed by atoms with Gasteiger partial charge in [-0.3, -0.25) is 10.4 Å². The van der Waals surface area contributed by atoms with E-state index in [4.69, 9.17) is 19.9 Å². The Labute approximate surface area is 246 Å². The number of sulfonamides is 1. The molecule has 0 saturated carbocycles. The van der Waals surface area contributed by atoms with Crippen LogP contribution in [0.3, 0.4) is 0 Å². The topological polar surface area (TPSA) is 122 Å². The fourth-order valence-electron chi connectivity index (χ4n) is 4.11. The summed E-state index contributed by atoms with van der Waals surface area (Å²) in [6.45, 7) is 6.91. The van der Waals surface area contributed by atoms with E-state index in [1.54, 1.807) is 52.3 Å². The maximum Gasteiger partial charge on any atom is 0.431 e. The van der Waals surface area contributed by atoms with Crippen LogP contribution < -0.4 is 10.1 Å². The molecule has 0 spiro atoms. The Hall–Kier alpha value is -4.70. The van der Waals surface area contributed by atoms with E-state index in [0.717, 1.165) is 33.7 Å². The van der Waals surface area contributed by atoms with Crippen LogP contribution in [0.15, 0.2) is 96.0 Å². The van der Waals surface area contributed by atoms with Gasteiger partial charge in [-0.1, -0.05) is 60.2 Å². The van der Waals surface area contributed by atoms with Gasteiger partial charge in [-0.15, -0.1) is 4.31 Å². The van der Waals surface area contributed by atoms with Gasteiger partial charge in [0.25, 0.3) is 10.0 Å². The minimum absolute atomic E-state index is 0.0206. The first-order valence-electron chi connectivity index (χ1n) is 13.3. The van der Waals surface area contributed by atoms with Gasteiger partial charge in [0, 0.05) is 23.9 Å². The number of hydrogen-bond acceptors (Lipinski definition) is 7. The van der Waals surface area contributed by atoms with Crippen molar-refractivity contribution in [1.29, 1.82) is 5.41 Å². The number of nitrogens with one attached hydrogen (secondary N) is 2. The van der Waals surface area contributed by atoms with Gasteiger partial charge in [0.15, 0.2) is 0 Å². The molecule has 0 bridgehead atoms. The van der Waals surface area contributed by atoms with E-state index in [-0.39, 0.29) is 11.4 Å². The molecule has 0 atom stereocenters. The van der Waals surface area contributed by atoms with E-state index in [1.165, 1.54) is 12.1 Å². The first kappa shape index (κ1) is 30.3. The fourth-order valence-corrected chi connectivity index (χ4v) is 5.36. The van der Waals surface area contributed by atoms with Gasteiger partial charge in [0.2, 0.25) is 5.96 Å². The molecule has 3 aromatic carbocycles. The summed E-state index contributed by atoms with van der Waals surface area (Å²) in [5.74, 6) is 0.0680. The monoisotopic (exact) mass is 586 g/mol. The summed E-state index contributed by atoms with van der Waals surface area (Å²) in [7, 11) is -2.83. The molecule has 9 nitrogen and oxygen atoms in total. The van der Waals surface area contributed by atoms with Gasteiger partial charge < -0.3 is 14.8 Å². The minimum Gasteiger partial charge on any atom is -0.497 e. The number of rotatable bonds is 7. The zero-order valence-corrected chi connectivity index (χ0v) is 25.0. The standard InChI is InChI=1S/C32H34N4O5S/c1-22-11-13-25(14-12-22)29-28(24-15-17-26(40-5)18-16-24)19-23(20-34-29)21-35-30(33)36(31(37)41-32(2,3)4)42(38,39)27-9-7-6-8-10-27/h6-20H,21H2,1-5H3,(H2,33,35). The quantitative estimate of drug-likeness (QED) is 0.190. The van der Waals surface area contributed by atoms with Crippen molar-refractivity contribution in [2.45, 2.75) is 44.7 Å². The van der Waals surface area contributed by atoms with E-state index in [1.807, 2.05) is 61.5 Å². The second-order valence-electron chi connectivity index (χ2n) is 10.6. The molecular formula is C32H34N4O5S. The lowest BCUT2D eigenvalue weighted by Crippen LogP contribution is -2.49. The number of aryl methyl sites for hydroxylation is 1. The Balaban J connectivity index is 1.67. The van der Waals surface area contributed by atoms with Gasteiger partial charge in [0.05, 0.1) is 17.7 Å². The summed E-state index contributed by atoms with van der Waals surface area (Å²) in [5.41, 5.74) is 4.26. The van der Waals surface area contributed by atoms with Gasteiger partial charge in [0.1, 0.15) is 11.4 Å². The van der Waals surface area contributed by atoms with Crippen molar-refractivity contribution in [3.05, 3.63) is 102 Å². The second kappa shape index (κ2) is 12.4. The van der Waals surface area contributed by atoms with E-state index >= 15 is 0 Å². The lowest BCUT2D eigenvalue weighted by molar-refractivity contribution is 0.0460. The van der Waals surface area contributed by atoms with Crippen molar-refractivity contribution in [2.24, 2.45) is 0 Å². The third-order valence-corrected chi connectivity index (χ3v) is 7.85. The normalized spacial score (nSPS) is 11.5. The first-order valence-corrected chi connectivity index (χ1v) is 14.7. The highest BCUT2D eigenvalue weighted by Gasteiger charge is 2.36. The molecular weight excluding hydrogens is 552 g/mol. The molecule has 10 heteroatoms. The predicted octanol–water partition coefficient (Wildman–Crippen LogP) is 6.38. The molecule has 0 aliphatic carbocycles. The van der Waals surface area contributed by atoms with Crippen molar-refractivity contribution in [2.75, 3.05) is 7.11 Å². The molecule has 1 heterocycles. The van der Waals surface area contributed by atoms with Crippen LogP contribution in [0.4, 0.5) is 4.79 Å². The second-order valence-corrected chi connectivity index (χ2v) is 12.4. The molecule has 4 aromatic rings. The molecule has 0 saturated heterocycles. The number of amides is 1. The Kier molecular flexibility index (Phi) is 8.96. The first-order chi connectivity index (χ1) is 19.9. The third kappa shape index (κ3) is 7.13. The highest BCUT2D eigenvalue weighted by Crippen LogP contribution is 2.32. The molecule has 1 amide bonds. The number of aromatic nitrogens is 1. The van der Waals surface area contributed by atoms with E-state index in [0.29, 0.717) is 9.87 Å². The van der Waals surface area contributed by atoms with Crippen LogP contribution in [-0.4, -0.2) is 42.5 Å². The molecule has 4 rings (SSSR count). The average molecular weight is 587 g/mol. The number of carbonyl (C=O) groups excluding carboxylic acids is 1. The van der Waals surface area contributed by atoms with E-state index < -0.39 is 27.7 Å². The van der Waals surface area contributed by atoms with Crippen LogP contribution in [0, 0.1) is 12.3 Å². The van der Waals surface area contributed by atoms with Crippen molar-refractivity contribution < 1.29 is 22.7 Å². The van der Waals surface area contributed by atoms with Gasteiger partial charge in [-0.05, 0) is 69.2 Å². The number of benzene rings is 3. The summed E-state index contributed by atoms with van der Waals surface area (Å²) >= 11 is 0. The molecule has 42 heavy (non-hydrogen) atoms. The zero-order chi connectivity index (χ0) is 30.5. The maximum atomic E-state index is 13.5. The van der Waals surface area contributed by atoms with Crippen molar-refractivity contribution in [3.63, 3.8) is 0 Å². The summed E-state index contributed by atoms with van der Waals surface area (Å²) in [4.78, 5) is 17.7. The third-order valence-electron chi connectivity index (χ3n) is 6.17. The van der Waals surface area contributed by atoms with Crippen LogP contribution in [0.5, 0.6) is 5.75 Å². The highest BCUT2D eigenvalue weighted by atomic mass is 32.2. The number of carbonyl (C=O) groups is 1. The Bertz CT molecular complexity index is 1670. The summed E-state index contributed by atoms with van der Waals surface area (Å²) in [6.07, 6.45) is 0.474. The molecule has 0 radical (unpaired) electrons. The highest BCUT2D eigenvalue weighted by molar-refractivity contribution is 7.90. The van der Waals surface area contributed by atoms with Crippen LogP contribution in [0.25, 0.3) is 22.4 Å². The van der Waals surface area contributed by atoms with Gasteiger partial charge in [-0.2, -0.15) is 0 Å². The predicted molar refractivity (Wildman–Crippen MR) is 163 cm³/mol. The Morgan fingerprint density at radius 3 is 2.17 bits per heavy atom. The molecule has 1 aromatic heterocycles. The summed E-state index contributed by atoms with van der Waals surface area (Å²) < 4.78 is 37.9. The Morgan fingerprint density at radius 2 is 1.57 bits per heavy atom. The van der Waals surface area contributed by atoms with E-state index in [2.05, 4.69) is 5.32 Å². The van der Waals surface area contributed by atoms with Crippen LogP contribution >= 0.6 is 0 Å². The van der Waals surface area contributed by atoms with Crippen molar-refractivity contribution in [3.8, 4) is 28.1 Å². The van der Waals surface area contributed by atoms with Crippen molar-refractivity contribution in [1.82, 2.24) is 14.6 Å². The Morgan fingerprint density at radius 1 is 0.952 bits per heavy atom. The van der Waals surface area contributed by atoms with Gasteiger partial charge >= 0.3 is 6.09 Å². The SMILES string of the molecule is COc1ccc(-c2cc(CNC(=N)N(C(=O)OC(C)(C)C)S(=O)(=O)c3ccccc3)cnc2-c2ccc(C)cc2)cc1. The van der Waals surface area contributed by atoms with Crippen LogP contribution in [0.2, 0.25) is 0 Å². The molecule has 0 fully saturated rings. The number of ether oxygens (including phenoxy) is 2. The molecule has 0 aliphatic heterocycles. The smallest absolute Gasteiger partial charge is 0.431 e. The van der Waals surface area contributed by atoms with Gasteiger partial charge in [-0.25, -0.2) is 13.2 Å². The fraction of sp³-hybridized carbons (Fsp3) is 0.219. The number of pyridine rings is 1. The van der Waals surface area contributed by atoms with Crippen LogP contribution in [0.1, 0.15) is 31.9 Å². The molecule has 2 N–H and O–H groups in total. The van der Waals surface area contributed by atoms with E-state index in [9.17, 15) is 13.2 Å². The largest absolute Gasteiger partial charge is 0.497 e. The number of methoxy groups -OCH3 is 1. The molecule has 0 unspecified atom stereocenters. The number of nitrogens with zero attached hydrogens (tertiary/aromatic N) is 2. The maximum absolute atomic E-state index is 13.5. The van der Waals surface area contributed by atoms with Crippen LogP contribution in [-0.2, 0) is 21.3 Å². The lowest BCUT2D eigenvalue weighted by Gasteiger charge is -2.27. The lowest BCUT2D eigenvalue weighted by atomic mass is 9.97.